The third-order valence-corrected chi connectivity index (χ3v) is 4.08. The van der Waals surface area contributed by atoms with Crippen molar-refractivity contribution in [3.8, 4) is 11.1 Å². The quantitative estimate of drug-likeness (QED) is 0.652. The Bertz CT molecular complexity index is 925. The molecule has 0 fully saturated rings. The number of hydrogen-bond acceptors (Lipinski definition) is 3. The van der Waals surface area contributed by atoms with Crippen molar-refractivity contribution in [2.75, 3.05) is 0 Å². The molecule has 3 rings (SSSR count). The van der Waals surface area contributed by atoms with Gasteiger partial charge in [0.2, 0.25) is 5.76 Å². The van der Waals surface area contributed by atoms with E-state index in [-0.39, 0.29) is 15.8 Å². The number of carbonyl (C=O) groups is 2. The molecule has 0 atom stereocenters. The Morgan fingerprint density at radius 2 is 1.68 bits per heavy atom. The maximum Gasteiger partial charge on any atom is 0.306 e. The van der Waals surface area contributed by atoms with Crippen LogP contribution >= 0.6 is 15.9 Å². The third-order valence-electron chi connectivity index (χ3n) is 3.42. The van der Waals surface area contributed by atoms with E-state index in [4.69, 9.17) is 4.42 Å². The van der Waals surface area contributed by atoms with Gasteiger partial charge in [0.25, 0.3) is 5.91 Å². The number of benzene rings is 2. The van der Waals surface area contributed by atoms with Gasteiger partial charge in [0.1, 0.15) is 5.82 Å². The Hall–Kier alpha value is -2.93. The summed E-state index contributed by atoms with van der Waals surface area (Å²) in [5.41, 5.74) is 6.17. The van der Waals surface area contributed by atoms with Crippen LogP contribution in [-0.2, 0) is 0 Å². The molecule has 0 aliphatic heterocycles. The highest BCUT2D eigenvalue weighted by molar-refractivity contribution is 9.10. The molecule has 2 aromatic carbocycles. The Morgan fingerprint density at radius 3 is 2.40 bits per heavy atom. The molecule has 0 unspecified atom stereocenters. The minimum Gasteiger partial charge on any atom is -0.458 e. The fourth-order valence-electron chi connectivity index (χ4n) is 2.24. The molecule has 0 saturated carbocycles. The Morgan fingerprint density at radius 1 is 0.960 bits per heavy atom. The first-order valence-corrected chi connectivity index (χ1v) is 8.04. The molecule has 5 nitrogen and oxygen atoms in total. The number of hydrazine groups is 1. The molecule has 126 valence electrons. The van der Waals surface area contributed by atoms with Crippen LogP contribution in [0.2, 0.25) is 0 Å². The summed E-state index contributed by atoms with van der Waals surface area (Å²) in [5, 5.41) is 0. The van der Waals surface area contributed by atoms with Crippen LogP contribution in [0.3, 0.4) is 0 Å². The summed E-state index contributed by atoms with van der Waals surface area (Å²) in [6, 6.07) is 14.5. The topological polar surface area (TPSA) is 71.3 Å². The summed E-state index contributed by atoms with van der Waals surface area (Å²) in [5.74, 6) is -1.59. The average Bonchev–Trinajstić information content (AvgIpc) is 3.10. The fraction of sp³-hybridized carbons (Fsp3) is 0. The van der Waals surface area contributed by atoms with Crippen LogP contribution in [-0.4, -0.2) is 11.8 Å². The molecule has 7 heteroatoms. The van der Waals surface area contributed by atoms with Gasteiger partial charge in [-0.2, -0.15) is 0 Å². The molecular formula is C18H12BrFN2O3. The van der Waals surface area contributed by atoms with Crippen molar-refractivity contribution >= 4 is 27.7 Å². The SMILES string of the molecule is O=C(NNC(=O)c1occc1-c1ccccc1)c1ccc(F)cc1Br. The first-order chi connectivity index (χ1) is 12.1. The maximum atomic E-state index is 13.1. The summed E-state index contributed by atoms with van der Waals surface area (Å²) in [7, 11) is 0. The summed E-state index contributed by atoms with van der Waals surface area (Å²) in [6.45, 7) is 0. The number of carbonyl (C=O) groups excluding carboxylic acids is 2. The summed E-state index contributed by atoms with van der Waals surface area (Å²) in [6.07, 6.45) is 1.40. The van der Waals surface area contributed by atoms with E-state index >= 15 is 0 Å². The molecule has 0 spiro atoms. The molecular weight excluding hydrogens is 391 g/mol. The van der Waals surface area contributed by atoms with Crippen LogP contribution in [0.25, 0.3) is 11.1 Å². The number of halogens is 2. The lowest BCUT2D eigenvalue weighted by Gasteiger charge is -2.08. The van der Waals surface area contributed by atoms with Gasteiger partial charge in [-0.05, 0) is 45.8 Å². The molecule has 0 radical (unpaired) electrons. The first-order valence-electron chi connectivity index (χ1n) is 7.25. The van der Waals surface area contributed by atoms with Crippen molar-refractivity contribution in [2.45, 2.75) is 0 Å². The van der Waals surface area contributed by atoms with Crippen molar-refractivity contribution in [3.05, 3.63) is 82.5 Å². The largest absolute Gasteiger partial charge is 0.458 e. The zero-order chi connectivity index (χ0) is 17.8. The van der Waals surface area contributed by atoms with Crippen molar-refractivity contribution in [1.29, 1.82) is 0 Å². The van der Waals surface area contributed by atoms with Gasteiger partial charge in [-0.3, -0.25) is 20.4 Å². The van der Waals surface area contributed by atoms with Crippen LogP contribution in [0.1, 0.15) is 20.9 Å². The zero-order valence-corrected chi connectivity index (χ0v) is 14.3. The van der Waals surface area contributed by atoms with Crippen molar-refractivity contribution < 1.29 is 18.4 Å². The third kappa shape index (κ3) is 3.77. The van der Waals surface area contributed by atoms with Gasteiger partial charge in [0, 0.05) is 10.0 Å². The summed E-state index contributed by atoms with van der Waals surface area (Å²) in [4.78, 5) is 24.4. The molecule has 2 N–H and O–H groups in total. The number of amides is 2. The minimum atomic E-state index is -0.601. The average molecular weight is 403 g/mol. The van der Waals surface area contributed by atoms with E-state index in [1.807, 2.05) is 30.3 Å². The van der Waals surface area contributed by atoms with E-state index in [2.05, 4.69) is 26.8 Å². The monoisotopic (exact) mass is 402 g/mol. The first kappa shape index (κ1) is 16.9. The molecule has 0 aliphatic carbocycles. The molecule has 1 heterocycles. The highest BCUT2D eigenvalue weighted by atomic mass is 79.9. The summed E-state index contributed by atoms with van der Waals surface area (Å²) < 4.78 is 18.6. The molecule has 2 amide bonds. The molecule has 3 aromatic rings. The lowest BCUT2D eigenvalue weighted by molar-refractivity contribution is 0.0831. The van der Waals surface area contributed by atoms with Crippen LogP contribution in [0.4, 0.5) is 4.39 Å². The zero-order valence-electron chi connectivity index (χ0n) is 12.8. The van der Waals surface area contributed by atoms with Crippen LogP contribution < -0.4 is 10.9 Å². The Kier molecular flexibility index (Phi) is 4.95. The number of hydrogen-bond donors (Lipinski definition) is 2. The fourth-order valence-corrected chi connectivity index (χ4v) is 2.77. The van der Waals surface area contributed by atoms with Gasteiger partial charge in [-0.15, -0.1) is 0 Å². The predicted molar refractivity (Wildman–Crippen MR) is 93.2 cm³/mol. The van der Waals surface area contributed by atoms with Crippen LogP contribution in [0, 0.1) is 5.82 Å². The smallest absolute Gasteiger partial charge is 0.306 e. The summed E-state index contributed by atoms with van der Waals surface area (Å²) >= 11 is 3.10. The molecule has 1 aromatic heterocycles. The van der Waals surface area contributed by atoms with E-state index < -0.39 is 17.6 Å². The van der Waals surface area contributed by atoms with Gasteiger partial charge in [0.15, 0.2) is 0 Å². The van der Waals surface area contributed by atoms with Gasteiger partial charge >= 0.3 is 5.91 Å². The van der Waals surface area contributed by atoms with E-state index in [1.165, 1.54) is 12.3 Å². The number of nitrogens with one attached hydrogen (secondary N) is 2. The van der Waals surface area contributed by atoms with E-state index in [9.17, 15) is 14.0 Å². The lowest BCUT2D eigenvalue weighted by Crippen LogP contribution is -2.41. The second-order valence-electron chi connectivity index (χ2n) is 5.06. The molecule has 25 heavy (non-hydrogen) atoms. The van der Waals surface area contributed by atoms with Crippen LogP contribution in [0.5, 0.6) is 0 Å². The van der Waals surface area contributed by atoms with Crippen LogP contribution in [0.15, 0.2) is 69.8 Å². The standard InChI is InChI=1S/C18H12BrFN2O3/c19-15-10-12(20)6-7-14(15)17(23)21-22-18(24)16-13(8-9-25-16)11-4-2-1-3-5-11/h1-10H,(H,21,23)(H,22,24). The van der Waals surface area contributed by atoms with Crippen molar-refractivity contribution in [3.63, 3.8) is 0 Å². The lowest BCUT2D eigenvalue weighted by atomic mass is 10.1. The van der Waals surface area contributed by atoms with Crippen molar-refractivity contribution in [1.82, 2.24) is 10.9 Å². The van der Waals surface area contributed by atoms with E-state index in [0.29, 0.717) is 5.56 Å². The predicted octanol–water partition coefficient (Wildman–Crippen LogP) is 3.92. The second-order valence-corrected chi connectivity index (χ2v) is 5.92. The minimum absolute atomic E-state index is 0.0738. The Labute approximate surface area is 150 Å². The van der Waals surface area contributed by atoms with Gasteiger partial charge < -0.3 is 4.42 Å². The highest BCUT2D eigenvalue weighted by Gasteiger charge is 2.18. The van der Waals surface area contributed by atoms with Crippen molar-refractivity contribution in [2.24, 2.45) is 0 Å². The van der Waals surface area contributed by atoms with Gasteiger partial charge in [0.05, 0.1) is 11.8 Å². The molecule has 0 bridgehead atoms. The normalized spacial score (nSPS) is 10.3. The number of furan rings is 1. The maximum absolute atomic E-state index is 13.1. The Balaban J connectivity index is 1.72. The molecule has 0 saturated heterocycles. The second kappa shape index (κ2) is 7.31. The number of rotatable bonds is 3. The highest BCUT2D eigenvalue weighted by Crippen LogP contribution is 2.24. The van der Waals surface area contributed by atoms with Gasteiger partial charge in [-0.1, -0.05) is 30.3 Å². The molecule has 0 aliphatic rings. The van der Waals surface area contributed by atoms with E-state index in [1.54, 1.807) is 6.07 Å². The van der Waals surface area contributed by atoms with Gasteiger partial charge in [-0.25, -0.2) is 4.39 Å². The van der Waals surface area contributed by atoms with E-state index in [0.717, 1.165) is 17.7 Å².